The largest absolute Gasteiger partial charge is 0.236 e. The van der Waals surface area contributed by atoms with E-state index >= 15 is 0 Å². The zero-order valence-corrected chi connectivity index (χ0v) is 14.0. The Morgan fingerprint density at radius 2 is 1.70 bits per heavy atom. The standard InChI is InChI=1S/C15H16Cl2N2S/c1-15(2,3)12-8-13(17)19-14(18-12)9-20-11-6-4-10(16)5-7-11/h4-8H,9H2,1-3H3. The second-order valence-corrected chi connectivity index (χ2v) is 7.36. The third-order valence-corrected chi connectivity index (χ3v) is 4.14. The Labute approximate surface area is 133 Å². The van der Waals surface area contributed by atoms with Gasteiger partial charge in [0, 0.05) is 15.3 Å². The summed E-state index contributed by atoms with van der Waals surface area (Å²) in [5.74, 6) is 1.44. The van der Waals surface area contributed by atoms with Crippen molar-refractivity contribution in [1.29, 1.82) is 0 Å². The molecule has 0 saturated heterocycles. The first kappa shape index (κ1) is 15.6. The van der Waals surface area contributed by atoms with Crippen molar-refractivity contribution in [3.05, 3.63) is 52.0 Å². The van der Waals surface area contributed by atoms with E-state index in [0.29, 0.717) is 10.9 Å². The molecule has 0 aliphatic rings. The molecule has 0 atom stereocenters. The van der Waals surface area contributed by atoms with Crippen molar-refractivity contribution in [3.63, 3.8) is 0 Å². The van der Waals surface area contributed by atoms with Crippen molar-refractivity contribution in [1.82, 2.24) is 9.97 Å². The van der Waals surface area contributed by atoms with Crippen LogP contribution in [0.2, 0.25) is 10.2 Å². The molecular weight excluding hydrogens is 311 g/mol. The number of benzene rings is 1. The summed E-state index contributed by atoms with van der Waals surface area (Å²) in [5, 5.41) is 1.24. The van der Waals surface area contributed by atoms with Gasteiger partial charge in [0.2, 0.25) is 0 Å². The SMILES string of the molecule is CC(C)(C)c1cc(Cl)nc(CSc2ccc(Cl)cc2)n1. The monoisotopic (exact) mass is 326 g/mol. The lowest BCUT2D eigenvalue weighted by Gasteiger charge is -2.18. The van der Waals surface area contributed by atoms with Crippen LogP contribution in [0.3, 0.4) is 0 Å². The number of hydrogen-bond donors (Lipinski definition) is 0. The maximum absolute atomic E-state index is 6.08. The van der Waals surface area contributed by atoms with Crippen molar-refractivity contribution >= 4 is 35.0 Å². The molecular formula is C15H16Cl2N2S. The van der Waals surface area contributed by atoms with E-state index in [2.05, 4.69) is 30.7 Å². The van der Waals surface area contributed by atoms with Gasteiger partial charge in [-0.2, -0.15) is 0 Å². The molecule has 106 valence electrons. The predicted octanol–water partition coefficient (Wildman–Crippen LogP) is 5.37. The third kappa shape index (κ3) is 4.37. The van der Waals surface area contributed by atoms with Crippen LogP contribution in [0.5, 0.6) is 0 Å². The van der Waals surface area contributed by atoms with E-state index in [1.165, 1.54) is 0 Å². The van der Waals surface area contributed by atoms with Gasteiger partial charge in [-0.05, 0) is 30.3 Å². The van der Waals surface area contributed by atoms with Gasteiger partial charge in [0.05, 0.1) is 11.4 Å². The summed E-state index contributed by atoms with van der Waals surface area (Å²) in [4.78, 5) is 10.0. The average molecular weight is 327 g/mol. The maximum atomic E-state index is 6.08. The second-order valence-electron chi connectivity index (χ2n) is 5.48. The smallest absolute Gasteiger partial charge is 0.140 e. The summed E-state index contributed by atoms with van der Waals surface area (Å²) in [6, 6.07) is 9.56. The Morgan fingerprint density at radius 3 is 2.30 bits per heavy atom. The van der Waals surface area contributed by atoms with E-state index in [4.69, 9.17) is 23.2 Å². The quantitative estimate of drug-likeness (QED) is 0.559. The number of thioether (sulfide) groups is 1. The van der Waals surface area contributed by atoms with Crippen LogP contribution >= 0.6 is 35.0 Å². The van der Waals surface area contributed by atoms with Crippen molar-refractivity contribution in [2.75, 3.05) is 0 Å². The molecule has 0 aliphatic carbocycles. The first-order valence-corrected chi connectivity index (χ1v) is 8.01. The maximum Gasteiger partial charge on any atom is 0.140 e. The number of halogens is 2. The lowest BCUT2D eigenvalue weighted by molar-refractivity contribution is 0.564. The third-order valence-electron chi connectivity index (χ3n) is 2.69. The Balaban J connectivity index is 2.13. The minimum absolute atomic E-state index is 0.0354. The summed E-state index contributed by atoms with van der Waals surface area (Å²) < 4.78 is 0. The van der Waals surface area contributed by atoms with Gasteiger partial charge in [0.1, 0.15) is 11.0 Å². The van der Waals surface area contributed by atoms with Gasteiger partial charge in [-0.15, -0.1) is 11.8 Å². The summed E-state index contributed by atoms with van der Waals surface area (Å²) in [6.45, 7) is 6.34. The van der Waals surface area contributed by atoms with Crippen LogP contribution in [-0.2, 0) is 11.2 Å². The zero-order chi connectivity index (χ0) is 14.8. The van der Waals surface area contributed by atoms with Gasteiger partial charge in [-0.3, -0.25) is 0 Å². The van der Waals surface area contributed by atoms with Crippen LogP contribution < -0.4 is 0 Å². The molecule has 0 spiro atoms. The van der Waals surface area contributed by atoms with Gasteiger partial charge >= 0.3 is 0 Å². The molecule has 2 rings (SSSR count). The highest BCUT2D eigenvalue weighted by molar-refractivity contribution is 7.98. The molecule has 2 nitrogen and oxygen atoms in total. The van der Waals surface area contributed by atoms with E-state index in [0.717, 1.165) is 21.4 Å². The number of nitrogens with zero attached hydrogens (tertiary/aromatic N) is 2. The molecule has 0 saturated carbocycles. The highest BCUT2D eigenvalue weighted by Crippen LogP contribution is 2.26. The second kappa shape index (κ2) is 6.33. The lowest BCUT2D eigenvalue weighted by atomic mass is 9.92. The van der Waals surface area contributed by atoms with Crippen LogP contribution in [-0.4, -0.2) is 9.97 Å². The molecule has 0 amide bonds. The Bertz CT molecular complexity index is 592. The van der Waals surface area contributed by atoms with Crippen LogP contribution in [0, 0.1) is 0 Å². The Kier molecular flexibility index (Phi) is 4.95. The molecule has 1 heterocycles. The van der Waals surface area contributed by atoms with E-state index in [1.807, 2.05) is 30.3 Å². The molecule has 0 aliphatic heterocycles. The average Bonchev–Trinajstić information content (AvgIpc) is 2.36. The zero-order valence-electron chi connectivity index (χ0n) is 11.7. The number of rotatable bonds is 3. The van der Waals surface area contributed by atoms with Crippen molar-refractivity contribution in [2.24, 2.45) is 0 Å². The number of aromatic nitrogens is 2. The Hall–Kier alpha value is -0.770. The van der Waals surface area contributed by atoms with E-state index in [1.54, 1.807) is 11.8 Å². The molecule has 5 heteroatoms. The molecule has 0 bridgehead atoms. The molecule has 20 heavy (non-hydrogen) atoms. The summed E-state index contributed by atoms with van der Waals surface area (Å²) in [7, 11) is 0. The Morgan fingerprint density at radius 1 is 1.05 bits per heavy atom. The van der Waals surface area contributed by atoms with Crippen LogP contribution in [0.15, 0.2) is 35.2 Å². The first-order chi connectivity index (χ1) is 9.34. The van der Waals surface area contributed by atoms with E-state index in [9.17, 15) is 0 Å². The molecule has 1 aromatic heterocycles. The predicted molar refractivity (Wildman–Crippen MR) is 86.8 cm³/mol. The fraction of sp³-hybridized carbons (Fsp3) is 0.333. The van der Waals surface area contributed by atoms with Gasteiger partial charge in [0.25, 0.3) is 0 Å². The van der Waals surface area contributed by atoms with Crippen molar-refractivity contribution in [2.45, 2.75) is 36.8 Å². The van der Waals surface area contributed by atoms with Gasteiger partial charge < -0.3 is 0 Å². The molecule has 0 N–H and O–H groups in total. The molecule has 0 unspecified atom stereocenters. The van der Waals surface area contributed by atoms with Crippen LogP contribution in [0.1, 0.15) is 32.3 Å². The van der Waals surface area contributed by atoms with Crippen LogP contribution in [0.25, 0.3) is 0 Å². The summed E-state index contributed by atoms with van der Waals surface area (Å²) in [5.41, 5.74) is 0.927. The first-order valence-electron chi connectivity index (χ1n) is 6.27. The van der Waals surface area contributed by atoms with Crippen molar-refractivity contribution < 1.29 is 0 Å². The topological polar surface area (TPSA) is 25.8 Å². The van der Waals surface area contributed by atoms with Crippen molar-refractivity contribution in [3.8, 4) is 0 Å². The molecule has 2 aromatic rings. The normalized spacial score (nSPS) is 11.7. The van der Waals surface area contributed by atoms with E-state index in [-0.39, 0.29) is 5.41 Å². The lowest BCUT2D eigenvalue weighted by Crippen LogP contribution is -2.15. The minimum Gasteiger partial charge on any atom is -0.236 e. The fourth-order valence-corrected chi connectivity index (χ4v) is 2.67. The molecule has 0 fully saturated rings. The summed E-state index contributed by atoms with van der Waals surface area (Å²) in [6.07, 6.45) is 0. The highest BCUT2D eigenvalue weighted by atomic mass is 35.5. The summed E-state index contributed by atoms with van der Waals surface area (Å²) >= 11 is 13.6. The highest BCUT2D eigenvalue weighted by Gasteiger charge is 2.17. The van der Waals surface area contributed by atoms with Crippen LogP contribution in [0.4, 0.5) is 0 Å². The van der Waals surface area contributed by atoms with Gasteiger partial charge in [-0.1, -0.05) is 44.0 Å². The molecule has 0 radical (unpaired) electrons. The fourth-order valence-electron chi connectivity index (χ4n) is 1.59. The van der Waals surface area contributed by atoms with Gasteiger partial charge in [0.15, 0.2) is 0 Å². The van der Waals surface area contributed by atoms with E-state index < -0.39 is 0 Å². The molecule has 1 aromatic carbocycles. The van der Waals surface area contributed by atoms with Gasteiger partial charge in [-0.25, -0.2) is 9.97 Å². The number of hydrogen-bond acceptors (Lipinski definition) is 3. The minimum atomic E-state index is -0.0354.